The highest BCUT2D eigenvalue weighted by Gasteiger charge is 2.28. The maximum atomic E-state index is 12.3. The van der Waals surface area contributed by atoms with Crippen LogP contribution in [0.3, 0.4) is 0 Å². The largest absolute Gasteiger partial charge is 0.495 e. The summed E-state index contributed by atoms with van der Waals surface area (Å²) in [5.41, 5.74) is 7.93. The van der Waals surface area contributed by atoms with Gasteiger partial charge in [-0.25, -0.2) is 0 Å². The van der Waals surface area contributed by atoms with E-state index < -0.39 is 6.04 Å². The molecule has 1 aromatic rings. The third kappa shape index (κ3) is 2.20. The van der Waals surface area contributed by atoms with Gasteiger partial charge in [0.2, 0.25) is 5.91 Å². The highest BCUT2D eigenvalue weighted by atomic mass is 16.5. The van der Waals surface area contributed by atoms with Crippen LogP contribution in [0.4, 0.5) is 5.69 Å². The van der Waals surface area contributed by atoms with E-state index in [0.29, 0.717) is 6.42 Å². The molecule has 1 aliphatic heterocycles. The number of methoxy groups -OCH3 is 1. The van der Waals surface area contributed by atoms with Crippen molar-refractivity contribution in [2.45, 2.75) is 32.2 Å². The summed E-state index contributed by atoms with van der Waals surface area (Å²) in [4.78, 5) is 14.1. The molecule has 2 rings (SSSR count). The molecule has 1 amide bonds. The minimum Gasteiger partial charge on any atom is -0.495 e. The van der Waals surface area contributed by atoms with Crippen molar-refractivity contribution in [1.29, 1.82) is 0 Å². The number of carbonyl (C=O) groups is 1. The minimum absolute atomic E-state index is 0.0112. The number of para-hydroxylation sites is 1. The van der Waals surface area contributed by atoms with Gasteiger partial charge in [-0.15, -0.1) is 0 Å². The molecule has 0 radical (unpaired) electrons. The Bertz CT molecular complexity index is 431. The molecule has 0 bridgehead atoms. The summed E-state index contributed by atoms with van der Waals surface area (Å²) in [5, 5.41) is 0. The van der Waals surface area contributed by atoms with Gasteiger partial charge in [-0.2, -0.15) is 0 Å². The Morgan fingerprint density at radius 1 is 1.56 bits per heavy atom. The molecule has 0 fully saturated rings. The molecule has 0 saturated heterocycles. The molecule has 1 aromatic carbocycles. The number of benzene rings is 1. The van der Waals surface area contributed by atoms with E-state index >= 15 is 0 Å². The van der Waals surface area contributed by atoms with Crippen molar-refractivity contribution in [1.82, 2.24) is 0 Å². The fraction of sp³-hybridized carbons (Fsp3) is 0.500. The summed E-state index contributed by atoms with van der Waals surface area (Å²) in [6.45, 7) is 2.65. The molecule has 18 heavy (non-hydrogen) atoms. The lowest BCUT2D eigenvalue weighted by Gasteiger charge is -2.32. The van der Waals surface area contributed by atoms with E-state index in [2.05, 4.69) is 6.07 Å². The Morgan fingerprint density at radius 2 is 2.33 bits per heavy atom. The first-order valence-electron chi connectivity index (χ1n) is 6.41. The maximum Gasteiger partial charge on any atom is 0.243 e. The number of hydrogen-bond acceptors (Lipinski definition) is 3. The number of aryl methyl sites for hydroxylation is 1. The van der Waals surface area contributed by atoms with Gasteiger partial charge in [-0.1, -0.05) is 19.1 Å². The van der Waals surface area contributed by atoms with Gasteiger partial charge in [0.05, 0.1) is 18.8 Å². The van der Waals surface area contributed by atoms with Crippen molar-refractivity contribution in [3.63, 3.8) is 0 Å². The second kappa shape index (κ2) is 5.40. The zero-order valence-electron chi connectivity index (χ0n) is 11.0. The molecular formula is C14H20N2O2. The molecule has 1 heterocycles. The number of hydrogen-bond donors (Lipinski definition) is 1. The monoisotopic (exact) mass is 248 g/mol. The molecule has 4 nitrogen and oxygen atoms in total. The lowest BCUT2D eigenvalue weighted by atomic mass is 10.00. The van der Waals surface area contributed by atoms with Crippen LogP contribution >= 0.6 is 0 Å². The number of amides is 1. The Kier molecular flexibility index (Phi) is 3.87. The smallest absolute Gasteiger partial charge is 0.243 e. The molecule has 2 N–H and O–H groups in total. The van der Waals surface area contributed by atoms with Gasteiger partial charge in [0.25, 0.3) is 0 Å². The van der Waals surface area contributed by atoms with Crippen LogP contribution in [0.5, 0.6) is 5.75 Å². The van der Waals surface area contributed by atoms with Gasteiger partial charge in [-0.3, -0.25) is 4.79 Å². The molecule has 0 spiro atoms. The highest BCUT2D eigenvalue weighted by molar-refractivity contribution is 5.99. The Balaban J connectivity index is 2.40. The predicted octanol–water partition coefficient (Wildman–Crippen LogP) is 1.71. The molecule has 98 valence electrons. The second-order valence-corrected chi connectivity index (χ2v) is 4.58. The van der Waals surface area contributed by atoms with Gasteiger partial charge in [0.15, 0.2) is 0 Å². The lowest BCUT2D eigenvalue weighted by Crippen LogP contribution is -2.45. The van der Waals surface area contributed by atoms with E-state index in [4.69, 9.17) is 10.5 Å². The van der Waals surface area contributed by atoms with E-state index in [1.54, 1.807) is 12.0 Å². The fourth-order valence-electron chi connectivity index (χ4n) is 2.38. The zero-order valence-corrected chi connectivity index (χ0v) is 11.0. The summed E-state index contributed by atoms with van der Waals surface area (Å²) in [7, 11) is 1.63. The first kappa shape index (κ1) is 12.9. The molecule has 0 aliphatic carbocycles. The number of ether oxygens (including phenoxy) is 1. The van der Waals surface area contributed by atoms with Crippen LogP contribution in [0.2, 0.25) is 0 Å². The van der Waals surface area contributed by atoms with E-state index in [0.717, 1.165) is 36.4 Å². The quantitative estimate of drug-likeness (QED) is 0.886. The third-order valence-corrected chi connectivity index (χ3v) is 3.42. The highest BCUT2D eigenvalue weighted by Crippen LogP contribution is 2.36. The van der Waals surface area contributed by atoms with Crippen LogP contribution in [0.1, 0.15) is 25.3 Å². The maximum absolute atomic E-state index is 12.3. The molecule has 0 saturated carbocycles. The van der Waals surface area contributed by atoms with Gasteiger partial charge >= 0.3 is 0 Å². The number of rotatable bonds is 3. The van der Waals surface area contributed by atoms with Crippen LogP contribution in [-0.4, -0.2) is 25.6 Å². The van der Waals surface area contributed by atoms with Crippen molar-refractivity contribution >= 4 is 11.6 Å². The number of nitrogens with two attached hydrogens (primary N) is 1. The van der Waals surface area contributed by atoms with Gasteiger partial charge in [0.1, 0.15) is 5.75 Å². The van der Waals surface area contributed by atoms with Crippen LogP contribution in [0, 0.1) is 0 Å². The Hall–Kier alpha value is -1.55. The Labute approximate surface area is 108 Å². The molecule has 1 atom stereocenters. The number of anilines is 1. The van der Waals surface area contributed by atoms with Crippen molar-refractivity contribution in [2.75, 3.05) is 18.6 Å². The van der Waals surface area contributed by atoms with Crippen molar-refractivity contribution in [3.05, 3.63) is 23.8 Å². The molecule has 0 aromatic heterocycles. The van der Waals surface area contributed by atoms with E-state index in [1.807, 2.05) is 19.1 Å². The van der Waals surface area contributed by atoms with Crippen LogP contribution in [0.25, 0.3) is 0 Å². The van der Waals surface area contributed by atoms with Crippen LogP contribution in [0.15, 0.2) is 18.2 Å². The van der Waals surface area contributed by atoms with Crippen molar-refractivity contribution in [2.24, 2.45) is 5.73 Å². The second-order valence-electron chi connectivity index (χ2n) is 4.58. The summed E-state index contributed by atoms with van der Waals surface area (Å²) < 4.78 is 5.37. The molecule has 4 heteroatoms. The molecular weight excluding hydrogens is 228 g/mol. The molecule has 1 unspecified atom stereocenters. The number of fused-ring (bicyclic) bond motifs is 1. The van der Waals surface area contributed by atoms with Gasteiger partial charge < -0.3 is 15.4 Å². The topological polar surface area (TPSA) is 55.6 Å². The van der Waals surface area contributed by atoms with Crippen molar-refractivity contribution in [3.8, 4) is 5.75 Å². The SMILES string of the molecule is CCC(N)C(=O)N1CCCc2cccc(OC)c21. The first-order valence-corrected chi connectivity index (χ1v) is 6.41. The summed E-state index contributed by atoms with van der Waals surface area (Å²) in [5.74, 6) is 0.742. The van der Waals surface area contributed by atoms with E-state index in [1.165, 1.54) is 0 Å². The van der Waals surface area contributed by atoms with Crippen LogP contribution in [-0.2, 0) is 11.2 Å². The van der Waals surface area contributed by atoms with Gasteiger partial charge in [-0.05, 0) is 30.9 Å². The van der Waals surface area contributed by atoms with Gasteiger partial charge in [0, 0.05) is 6.54 Å². The summed E-state index contributed by atoms with van der Waals surface area (Å²) >= 11 is 0. The number of carbonyl (C=O) groups excluding carboxylic acids is 1. The zero-order chi connectivity index (χ0) is 13.1. The van der Waals surface area contributed by atoms with Crippen LogP contribution < -0.4 is 15.4 Å². The Morgan fingerprint density at radius 3 is 3.00 bits per heavy atom. The first-order chi connectivity index (χ1) is 8.69. The molecule has 1 aliphatic rings. The predicted molar refractivity (Wildman–Crippen MR) is 71.9 cm³/mol. The number of nitrogens with zero attached hydrogens (tertiary/aromatic N) is 1. The van der Waals surface area contributed by atoms with Crippen molar-refractivity contribution < 1.29 is 9.53 Å². The summed E-state index contributed by atoms with van der Waals surface area (Å²) in [6, 6.07) is 5.48. The standard InChI is InChI=1S/C14H20N2O2/c1-3-11(15)14(17)16-9-5-7-10-6-4-8-12(18-2)13(10)16/h4,6,8,11H,3,5,7,9,15H2,1-2H3. The normalized spacial score (nSPS) is 16.1. The summed E-state index contributed by atoms with van der Waals surface area (Å²) in [6.07, 6.45) is 2.61. The lowest BCUT2D eigenvalue weighted by molar-refractivity contribution is -0.120. The average Bonchev–Trinajstić information content (AvgIpc) is 2.44. The average molecular weight is 248 g/mol. The minimum atomic E-state index is -0.430. The fourth-order valence-corrected chi connectivity index (χ4v) is 2.38. The van der Waals surface area contributed by atoms with E-state index in [9.17, 15) is 4.79 Å². The third-order valence-electron chi connectivity index (χ3n) is 3.42. The van der Waals surface area contributed by atoms with E-state index in [-0.39, 0.29) is 5.91 Å².